The van der Waals surface area contributed by atoms with E-state index >= 15 is 0 Å². The molecule has 0 spiro atoms. The number of aromatic amines is 1. The van der Waals surface area contributed by atoms with Gasteiger partial charge in [0.15, 0.2) is 5.82 Å². The van der Waals surface area contributed by atoms with E-state index in [2.05, 4.69) is 37.9 Å². The number of carbonyl (C=O) groups excluding carboxylic acids is 1. The Labute approximate surface area is 156 Å². The summed E-state index contributed by atoms with van der Waals surface area (Å²) in [4.78, 5) is 19.9. The van der Waals surface area contributed by atoms with Gasteiger partial charge in [-0.15, -0.1) is 11.3 Å². The van der Waals surface area contributed by atoms with E-state index in [0.29, 0.717) is 5.82 Å². The number of H-pyrrole nitrogens is 1. The van der Waals surface area contributed by atoms with Crippen LogP contribution in [-0.2, 0) is 11.3 Å². The molecule has 1 amide bonds. The molecule has 2 atom stereocenters. The Morgan fingerprint density at radius 3 is 2.88 bits per heavy atom. The van der Waals surface area contributed by atoms with E-state index in [4.69, 9.17) is 4.98 Å². The van der Waals surface area contributed by atoms with Gasteiger partial charge in [0.2, 0.25) is 5.91 Å². The topological polar surface area (TPSA) is 73.9 Å². The predicted octanol–water partition coefficient (Wildman–Crippen LogP) is 2.98. The number of nitrogens with one attached hydrogen (secondary N) is 2. The molecule has 0 bridgehead atoms. The number of nitrogens with zero attached hydrogens (tertiary/aromatic N) is 3. The van der Waals surface area contributed by atoms with Crippen molar-refractivity contribution < 1.29 is 4.79 Å². The highest BCUT2D eigenvalue weighted by atomic mass is 32.1. The quantitative estimate of drug-likeness (QED) is 0.727. The van der Waals surface area contributed by atoms with Gasteiger partial charge in [-0.1, -0.05) is 36.4 Å². The van der Waals surface area contributed by atoms with Crippen molar-refractivity contribution in [2.45, 2.75) is 32.0 Å². The molecule has 3 heterocycles. The first-order valence-corrected chi connectivity index (χ1v) is 9.58. The molecule has 0 radical (unpaired) electrons. The number of likely N-dealkylation sites (tertiary alicyclic amines) is 1. The van der Waals surface area contributed by atoms with Crippen LogP contribution in [0, 0.1) is 0 Å². The highest BCUT2D eigenvalue weighted by molar-refractivity contribution is 7.09. The summed E-state index contributed by atoms with van der Waals surface area (Å²) in [7, 11) is 0. The van der Waals surface area contributed by atoms with E-state index in [-0.39, 0.29) is 18.0 Å². The minimum Gasteiger partial charge on any atom is -0.352 e. The first-order valence-electron chi connectivity index (χ1n) is 8.70. The Morgan fingerprint density at radius 2 is 2.15 bits per heavy atom. The van der Waals surface area contributed by atoms with Crippen molar-refractivity contribution in [3.63, 3.8) is 0 Å². The van der Waals surface area contributed by atoms with E-state index in [9.17, 15) is 4.79 Å². The standard InChI is InChI=1S/C19H21N5OS/c1-13(25)20-15-10-17(24(11-15)12-16-8-5-9-26-16)19-21-18(22-23-19)14-6-3-2-4-7-14/h2-9,15,17H,10-12H2,1H3,(H,20,25)(H,21,22,23)/t15-,17-/m0/s1. The molecule has 1 aliphatic rings. The van der Waals surface area contributed by atoms with E-state index in [0.717, 1.165) is 30.9 Å². The smallest absolute Gasteiger partial charge is 0.217 e. The normalized spacial score (nSPS) is 20.3. The number of hydrogen-bond acceptors (Lipinski definition) is 5. The van der Waals surface area contributed by atoms with Crippen LogP contribution in [0.4, 0.5) is 0 Å². The second kappa shape index (κ2) is 7.39. The zero-order chi connectivity index (χ0) is 17.9. The summed E-state index contributed by atoms with van der Waals surface area (Å²) in [5.41, 5.74) is 0.996. The molecule has 0 aliphatic carbocycles. The summed E-state index contributed by atoms with van der Waals surface area (Å²) in [6, 6.07) is 14.4. The molecule has 134 valence electrons. The van der Waals surface area contributed by atoms with Crippen LogP contribution in [0.15, 0.2) is 47.8 Å². The lowest BCUT2D eigenvalue weighted by molar-refractivity contribution is -0.119. The largest absolute Gasteiger partial charge is 0.352 e. The fraction of sp³-hybridized carbons (Fsp3) is 0.316. The minimum atomic E-state index is 0.00858. The number of rotatable bonds is 5. The van der Waals surface area contributed by atoms with Gasteiger partial charge in [-0.2, -0.15) is 5.10 Å². The van der Waals surface area contributed by atoms with Crippen LogP contribution in [0.25, 0.3) is 11.4 Å². The Morgan fingerprint density at radius 1 is 1.31 bits per heavy atom. The van der Waals surface area contributed by atoms with E-state index < -0.39 is 0 Å². The molecular formula is C19H21N5OS. The first kappa shape index (κ1) is 16.9. The van der Waals surface area contributed by atoms with Crippen molar-refractivity contribution in [3.8, 4) is 11.4 Å². The van der Waals surface area contributed by atoms with Crippen molar-refractivity contribution in [2.24, 2.45) is 0 Å². The number of amides is 1. The molecule has 1 fully saturated rings. The molecule has 1 aliphatic heterocycles. The first-order chi connectivity index (χ1) is 12.7. The highest BCUT2D eigenvalue weighted by Gasteiger charge is 2.35. The maximum Gasteiger partial charge on any atom is 0.217 e. The molecule has 4 rings (SSSR count). The fourth-order valence-electron chi connectivity index (χ4n) is 3.50. The molecule has 0 unspecified atom stereocenters. The van der Waals surface area contributed by atoms with E-state index in [1.54, 1.807) is 18.3 Å². The molecule has 2 N–H and O–H groups in total. The van der Waals surface area contributed by atoms with E-state index in [1.165, 1.54) is 4.88 Å². The molecule has 0 saturated carbocycles. The number of benzene rings is 1. The van der Waals surface area contributed by atoms with Crippen LogP contribution in [0.1, 0.15) is 30.1 Å². The molecule has 26 heavy (non-hydrogen) atoms. The number of aromatic nitrogens is 3. The van der Waals surface area contributed by atoms with Gasteiger partial charge < -0.3 is 5.32 Å². The number of thiophene rings is 1. The molecule has 1 aromatic carbocycles. The van der Waals surface area contributed by atoms with Gasteiger partial charge in [-0.05, 0) is 17.9 Å². The van der Waals surface area contributed by atoms with Crippen molar-refractivity contribution in [3.05, 3.63) is 58.5 Å². The van der Waals surface area contributed by atoms with Gasteiger partial charge in [0.25, 0.3) is 0 Å². The van der Waals surface area contributed by atoms with Crippen LogP contribution in [0.5, 0.6) is 0 Å². The molecular weight excluding hydrogens is 346 g/mol. The fourth-order valence-corrected chi connectivity index (χ4v) is 4.23. The summed E-state index contributed by atoms with van der Waals surface area (Å²) in [6.07, 6.45) is 0.828. The molecule has 3 aromatic rings. The third-order valence-corrected chi connectivity index (χ3v) is 5.46. The molecule has 2 aromatic heterocycles. The summed E-state index contributed by atoms with van der Waals surface area (Å²) in [5, 5.41) is 12.7. The van der Waals surface area contributed by atoms with Gasteiger partial charge in [-0.3, -0.25) is 14.8 Å². The minimum absolute atomic E-state index is 0.00858. The number of hydrogen-bond donors (Lipinski definition) is 2. The van der Waals surface area contributed by atoms with Crippen molar-refractivity contribution >= 4 is 17.2 Å². The van der Waals surface area contributed by atoms with Crippen LogP contribution in [0.2, 0.25) is 0 Å². The van der Waals surface area contributed by atoms with Crippen LogP contribution >= 0.6 is 11.3 Å². The SMILES string of the molecule is CC(=O)N[C@H]1C[C@@H](c2nc(-c3ccccc3)n[nH]2)N(Cc2cccs2)C1. The molecule has 1 saturated heterocycles. The van der Waals surface area contributed by atoms with Gasteiger partial charge in [0, 0.05) is 36.5 Å². The zero-order valence-electron chi connectivity index (χ0n) is 14.6. The van der Waals surface area contributed by atoms with Crippen molar-refractivity contribution in [1.82, 2.24) is 25.4 Å². The Balaban J connectivity index is 1.57. The van der Waals surface area contributed by atoms with Crippen LogP contribution < -0.4 is 5.32 Å². The van der Waals surface area contributed by atoms with Gasteiger partial charge in [0.1, 0.15) is 5.82 Å². The number of carbonyl (C=O) groups is 1. The highest BCUT2D eigenvalue weighted by Crippen LogP contribution is 2.33. The average Bonchev–Trinajstić information content (AvgIpc) is 3.36. The average molecular weight is 367 g/mol. The second-order valence-electron chi connectivity index (χ2n) is 6.57. The Hall–Kier alpha value is -2.51. The van der Waals surface area contributed by atoms with Crippen LogP contribution in [-0.4, -0.2) is 38.6 Å². The van der Waals surface area contributed by atoms with Crippen LogP contribution in [0.3, 0.4) is 0 Å². The predicted molar refractivity (Wildman–Crippen MR) is 102 cm³/mol. The zero-order valence-corrected chi connectivity index (χ0v) is 15.4. The summed E-state index contributed by atoms with van der Waals surface area (Å²) >= 11 is 1.75. The second-order valence-corrected chi connectivity index (χ2v) is 7.60. The lowest BCUT2D eigenvalue weighted by Crippen LogP contribution is -2.35. The van der Waals surface area contributed by atoms with Gasteiger partial charge in [-0.25, -0.2) is 4.98 Å². The molecule has 6 nitrogen and oxygen atoms in total. The van der Waals surface area contributed by atoms with Crippen molar-refractivity contribution in [1.29, 1.82) is 0 Å². The van der Waals surface area contributed by atoms with Gasteiger partial charge in [0.05, 0.1) is 6.04 Å². The lowest BCUT2D eigenvalue weighted by atomic mass is 10.1. The summed E-state index contributed by atoms with van der Waals surface area (Å²) in [6.45, 7) is 3.22. The molecule has 7 heteroatoms. The maximum absolute atomic E-state index is 11.5. The Bertz CT molecular complexity index is 861. The summed E-state index contributed by atoms with van der Waals surface area (Å²) < 4.78 is 0. The maximum atomic E-state index is 11.5. The lowest BCUT2D eigenvalue weighted by Gasteiger charge is -2.21. The van der Waals surface area contributed by atoms with Gasteiger partial charge >= 0.3 is 0 Å². The third-order valence-electron chi connectivity index (χ3n) is 4.60. The summed E-state index contributed by atoms with van der Waals surface area (Å²) in [5.74, 6) is 1.57. The Kier molecular flexibility index (Phi) is 4.81. The van der Waals surface area contributed by atoms with Crippen molar-refractivity contribution in [2.75, 3.05) is 6.54 Å². The monoisotopic (exact) mass is 367 g/mol. The van der Waals surface area contributed by atoms with E-state index in [1.807, 2.05) is 30.3 Å². The third kappa shape index (κ3) is 3.68.